The molecule has 1 rings (SSSR count). The fourth-order valence-electron chi connectivity index (χ4n) is 0.484. The molecule has 4 nitrogen and oxygen atoms in total. The Bertz CT molecular complexity index is 178. The first kappa shape index (κ1) is 12.9. The summed E-state index contributed by atoms with van der Waals surface area (Å²) < 4.78 is 0. The molecular weight excluding hydrogens is 189 g/mol. The molecule has 1 N–H and O–H groups in total. The lowest BCUT2D eigenvalue weighted by Crippen LogP contribution is -1.87. The molecule has 0 atom stereocenters. The molecule has 6 heteroatoms. The van der Waals surface area contributed by atoms with Crippen molar-refractivity contribution in [3.8, 4) is 0 Å². The highest BCUT2D eigenvalue weighted by Gasteiger charge is 1.90. The van der Waals surface area contributed by atoms with Gasteiger partial charge in [-0.3, -0.25) is 0 Å². The molecular formula is C5H9Cl2N3O. The van der Waals surface area contributed by atoms with E-state index in [-0.39, 0.29) is 24.8 Å². The zero-order valence-corrected chi connectivity index (χ0v) is 7.32. The molecule has 0 radical (unpaired) electrons. The number of imidazole rings is 1. The number of hydrogen-bond acceptors (Lipinski definition) is 3. The fourth-order valence-corrected chi connectivity index (χ4v) is 0.484. The highest BCUT2D eigenvalue weighted by atomic mass is 35.5. The quantitative estimate of drug-likeness (QED) is 0.589. The maximum Gasteiger partial charge on any atom is 0.174 e. The minimum Gasteiger partial charge on any atom is -0.388 e. The second kappa shape index (κ2) is 7.37. The van der Waals surface area contributed by atoms with Gasteiger partial charge in [-0.25, -0.2) is 4.98 Å². The first-order valence-electron chi connectivity index (χ1n) is 2.49. The van der Waals surface area contributed by atoms with Gasteiger partial charge < -0.3 is 9.82 Å². The van der Waals surface area contributed by atoms with Crippen molar-refractivity contribution in [2.45, 2.75) is 6.61 Å². The normalized spacial score (nSPS) is 7.27. The Balaban J connectivity index is 0. The lowest BCUT2D eigenvalue weighted by molar-refractivity contribution is 0.128. The first-order chi connectivity index (χ1) is 4.43. The minimum absolute atomic E-state index is 0. The van der Waals surface area contributed by atoms with Gasteiger partial charge in [0.05, 0.1) is 0 Å². The van der Waals surface area contributed by atoms with Crippen molar-refractivity contribution in [3.63, 3.8) is 0 Å². The maximum absolute atomic E-state index is 4.60. The third-order valence-electron chi connectivity index (χ3n) is 0.847. The third kappa shape index (κ3) is 4.64. The molecule has 1 heterocycles. The largest absolute Gasteiger partial charge is 0.388 e. The SMILES string of the molecule is C=NOCc1ncc[nH]1.Cl.Cl. The molecule has 1 aromatic heterocycles. The van der Waals surface area contributed by atoms with Crippen LogP contribution in [-0.2, 0) is 11.4 Å². The molecule has 0 bridgehead atoms. The van der Waals surface area contributed by atoms with Gasteiger partial charge in [-0.05, 0) is 0 Å². The van der Waals surface area contributed by atoms with Crippen LogP contribution in [0.1, 0.15) is 5.82 Å². The van der Waals surface area contributed by atoms with Crippen LogP contribution >= 0.6 is 24.8 Å². The standard InChI is InChI=1S/C5H7N3O.2ClH/c1-6-9-4-5-7-2-3-8-5;;/h2-3H,1,4H2,(H,7,8);2*1H. The van der Waals surface area contributed by atoms with Crippen molar-refractivity contribution in [2.75, 3.05) is 0 Å². The Morgan fingerprint density at radius 2 is 2.36 bits per heavy atom. The van der Waals surface area contributed by atoms with Crippen LogP contribution in [0.25, 0.3) is 0 Å². The van der Waals surface area contributed by atoms with Crippen LogP contribution in [0.3, 0.4) is 0 Å². The molecule has 0 unspecified atom stereocenters. The number of H-pyrrole nitrogens is 1. The van der Waals surface area contributed by atoms with Gasteiger partial charge in [0.25, 0.3) is 0 Å². The Morgan fingerprint density at radius 1 is 1.64 bits per heavy atom. The van der Waals surface area contributed by atoms with Gasteiger partial charge in [0.1, 0.15) is 5.82 Å². The van der Waals surface area contributed by atoms with Crippen molar-refractivity contribution in [1.29, 1.82) is 0 Å². The van der Waals surface area contributed by atoms with E-state index in [1.54, 1.807) is 12.4 Å². The molecule has 0 aliphatic rings. The van der Waals surface area contributed by atoms with Gasteiger partial charge in [0.15, 0.2) is 6.61 Å². The Labute approximate surface area is 76.9 Å². The van der Waals surface area contributed by atoms with E-state index in [4.69, 9.17) is 0 Å². The summed E-state index contributed by atoms with van der Waals surface area (Å²) in [5.74, 6) is 0.752. The summed E-state index contributed by atoms with van der Waals surface area (Å²) >= 11 is 0. The van der Waals surface area contributed by atoms with Crippen molar-refractivity contribution in [3.05, 3.63) is 18.2 Å². The fraction of sp³-hybridized carbons (Fsp3) is 0.200. The number of aromatic amines is 1. The molecule has 0 aliphatic heterocycles. The summed E-state index contributed by atoms with van der Waals surface area (Å²) in [7, 11) is 0. The maximum atomic E-state index is 4.60. The van der Waals surface area contributed by atoms with Crippen LogP contribution in [0.5, 0.6) is 0 Å². The van der Waals surface area contributed by atoms with Gasteiger partial charge in [-0.2, -0.15) is 0 Å². The molecule has 0 saturated heterocycles. The third-order valence-corrected chi connectivity index (χ3v) is 0.847. The molecule has 11 heavy (non-hydrogen) atoms. The minimum atomic E-state index is 0. The van der Waals surface area contributed by atoms with E-state index in [1.165, 1.54) is 0 Å². The van der Waals surface area contributed by atoms with Gasteiger partial charge in [-0.15, -0.1) is 30.0 Å². The van der Waals surface area contributed by atoms with E-state index in [0.717, 1.165) is 5.82 Å². The summed E-state index contributed by atoms with van der Waals surface area (Å²) in [6, 6.07) is 0. The zero-order valence-electron chi connectivity index (χ0n) is 5.69. The average Bonchev–Trinajstić information content (AvgIpc) is 2.34. The molecule has 0 aromatic carbocycles. The summed E-state index contributed by atoms with van der Waals surface area (Å²) in [6.07, 6.45) is 3.38. The van der Waals surface area contributed by atoms with E-state index in [0.29, 0.717) is 6.61 Å². The Kier molecular flexibility index (Phi) is 8.64. The number of oxime groups is 1. The van der Waals surface area contributed by atoms with Gasteiger partial charge in [0.2, 0.25) is 0 Å². The van der Waals surface area contributed by atoms with Crippen LogP contribution in [0.4, 0.5) is 0 Å². The van der Waals surface area contributed by atoms with Crippen LogP contribution in [0.15, 0.2) is 17.5 Å². The Morgan fingerprint density at radius 3 is 2.82 bits per heavy atom. The van der Waals surface area contributed by atoms with Crippen molar-refractivity contribution >= 4 is 31.5 Å². The van der Waals surface area contributed by atoms with Crippen LogP contribution in [0.2, 0.25) is 0 Å². The number of halogens is 2. The summed E-state index contributed by atoms with van der Waals surface area (Å²) in [6.45, 7) is 3.50. The molecule has 0 fully saturated rings. The van der Waals surface area contributed by atoms with Gasteiger partial charge >= 0.3 is 0 Å². The second-order valence-corrected chi connectivity index (χ2v) is 1.44. The van der Waals surface area contributed by atoms with E-state index in [2.05, 4.69) is 26.7 Å². The predicted molar refractivity (Wildman–Crippen MR) is 47.4 cm³/mol. The molecule has 0 saturated carbocycles. The molecule has 0 amide bonds. The zero-order chi connectivity index (χ0) is 6.53. The van der Waals surface area contributed by atoms with Crippen LogP contribution in [0, 0.1) is 0 Å². The predicted octanol–water partition coefficient (Wildman–Crippen LogP) is 1.39. The van der Waals surface area contributed by atoms with Gasteiger partial charge in [0, 0.05) is 19.1 Å². The van der Waals surface area contributed by atoms with Crippen LogP contribution in [-0.4, -0.2) is 16.7 Å². The number of nitrogens with zero attached hydrogens (tertiary/aromatic N) is 2. The van der Waals surface area contributed by atoms with Gasteiger partial charge in [-0.1, -0.05) is 0 Å². The number of hydrogen-bond donors (Lipinski definition) is 1. The second-order valence-electron chi connectivity index (χ2n) is 1.44. The monoisotopic (exact) mass is 197 g/mol. The van der Waals surface area contributed by atoms with E-state index < -0.39 is 0 Å². The molecule has 64 valence electrons. The molecule has 1 aromatic rings. The molecule has 0 spiro atoms. The number of aromatic nitrogens is 2. The topological polar surface area (TPSA) is 50.3 Å². The average molecular weight is 198 g/mol. The summed E-state index contributed by atoms with van der Waals surface area (Å²) in [4.78, 5) is 11.3. The smallest absolute Gasteiger partial charge is 0.174 e. The van der Waals surface area contributed by atoms with E-state index in [9.17, 15) is 0 Å². The number of rotatable bonds is 3. The highest BCUT2D eigenvalue weighted by molar-refractivity contribution is 5.85. The summed E-state index contributed by atoms with van der Waals surface area (Å²) in [5, 5.41) is 3.20. The van der Waals surface area contributed by atoms with Crippen molar-refractivity contribution in [1.82, 2.24) is 9.97 Å². The Hall–Kier alpha value is -0.740. The molecule has 0 aliphatic carbocycles. The van der Waals surface area contributed by atoms with Crippen molar-refractivity contribution in [2.24, 2.45) is 5.16 Å². The van der Waals surface area contributed by atoms with Crippen LogP contribution < -0.4 is 0 Å². The summed E-state index contributed by atoms with van der Waals surface area (Å²) in [5.41, 5.74) is 0. The van der Waals surface area contributed by atoms with E-state index in [1.807, 2.05) is 0 Å². The first-order valence-corrected chi connectivity index (χ1v) is 2.49. The highest BCUT2D eigenvalue weighted by Crippen LogP contribution is 1.90. The van der Waals surface area contributed by atoms with E-state index >= 15 is 0 Å². The lowest BCUT2D eigenvalue weighted by atomic mass is 10.7. The number of nitrogens with one attached hydrogen (secondary N) is 1. The van der Waals surface area contributed by atoms with Crippen molar-refractivity contribution < 1.29 is 4.84 Å². The lowest BCUT2D eigenvalue weighted by Gasteiger charge is -1.90.